The Morgan fingerprint density at radius 1 is 0.419 bits per heavy atom. The van der Waals surface area contributed by atoms with E-state index in [0.717, 1.165) is 0 Å². The van der Waals surface area contributed by atoms with Gasteiger partial charge in [-0.2, -0.15) is 0 Å². The maximum absolute atomic E-state index is 2.46. The van der Waals surface area contributed by atoms with Crippen molar-refractivity contribution >= 4 is 22.5 Å². The molecule has 0 N–H and O–H groups in total. The number of hydrogen-bond donors (Lipinski definition) is 0. The Morgan fingerprint density at radius 3 is 1.70 bits per heavy atom. The zero-order chi connectivity index (χ0) is 28.5. The molecule has 0 amide bonds. The number of hydrogen-bond acceptors (Lipinski definition) is 1. The topological polar surface area (TPSA) is 0 Å². The molecular weight excluding hydrogens is 537 g/mol. The highest BCUT2D eigenvalue weighted by Gasteiger charge is 2.50. The molecule has 43 heavy (non-hydrogen) atoms. The van der Waals surface area contributed by atoms with E-state index in [1.165, 1.54) is 81.8 Å². The Labute approximate surface area is 256 Å². The average molecular weight is 565 g/mol. The fraction of sp³-hybridized carbons (Fsp3) is 0.0476. The van der Waals surface area contributed by atoms with Crippen molar-refractivity contribution in [3.63, 3.8) is 0 Å². The van der Waals surface area contributed by atoms with Gasteiger partial charge in [0.2, 0.25) is 0 Å². The van der Waals surface area contributed by atoms with Crippen LogP contribution in [0.5, 0.6) is 0 Å². The molecule has 7 aromatic rings. The van der Waals surface area contributed by atoms with Crippen molar-refractivity contribution in [1.82, 2.24) is 0 Å². The Balaban J connectivity index is 1.39. The molecule has 2 aliphatic rings. The summed E-state index contributed by atoms with van der Waals surface area (Å²) in [5.74, 6) is 0. The van der Waals surface area contributed by atoms with Crippen LogP contribution in [0.4, 0.5) is 0 Å². The van der Waals surface area contributed by atoms with Gasteiger partial charge < -0.3 is 0 Å². The van der Waals surface area contributed by atoms with Crippen LogP contribution < -0.4 is 0 Å². The lowest BCUT2D eigenvalue weighted by Crippen LogP contribution is -2.32. The van der Waals surface area contributed by atoms with Crippen molar-refractivity contribution in [2.45, 2.75) is 22.1 Å². The first-order chi connectivity index (χ1) is 21.2. The number of fused-ring (bicyclic) bond motifs is 10. The third kappa shape index (κ3) is 3.40. The van der Waals surface area contributed by atoms with Gasteiger partial charge in [-0.05, 0) is 79.4 Å². The molecule has 1 aliphatic heterocycles. The fourth-order valence-electron chi connectivity index (χ4n) is 7.70. The number of benzene rings is 7. The van der Waals surface area contributed by atoms with Gasteiger partial charge in [0.25, 0.3) is 0 Å². The van der Waals surface area contributed by atoms with Crippen LogP contribution in [0.3, 0.4) is 0 Å². The second kappa shape index (κ2) is 9.33. The molecule has 0 atom stereocenters. The van der Waals surface area contributed by atoms with Crippen LogP contribution in [0.1, 0.15) is 27.8 Å². The molecule has 0 unspecified atom stereocenters. The molecule has 9 rings (SSSR count). The van der Waals surface area contributed by atoms with Crippen LogP contribution in [0.15, 0.2) is 161 Å². The molecule has 0 aromatic heterocycles. The second-order valence-electron chi connectivity index (χ2n) is 11.7. The Kier molecular flexibility index (Phi) is 5.36. The van der Waals surface area contributed by atoms with Gasteiger partial charge in [-0.1, -0.05) is 163 Å². The molecule has 1 aliphatic carbocycles. The highest BCUT2D eigenvalue weighted by Crippen LogP contribution is 2.63. The minimum absolute atomic E-state index is 0.370. The molecule has 0 radical (unpaired) electrons. The summed E-state index contributed by atoms with van der Waals surface area (Å²) < 4.78 is 0. The van der Waals surface area contributed by atoms with Crippen LogP contribution in [0.25, 0.3) is 44.2 Å². The molecule has 202 valence electrons. The summed E-state index contributed by atoms with van der Waals surface area (Å²) in [4.78, 5) is 2.69. The van der Waals surface area contributed by atoms with Gasteiger partial charge in [0, 0.05) is 9.79 Å². The predicted molar refractivity (Wildman–Crippen MR) is 181 cm³/mol. The maximum atomic E-state index is 2.46. The molecule has 1 spiro atoms. The monoisotopic (exact) mass is 564 g/mol. The average Bonchev–Trinajstić information content (AvgIpc) is 3.36. The molecule has 7 aromatic carbocycles. The Morgan fingerprint density at radius 2 is 0.977 bits per heavy atom. The largest absolute Gasteiger partial charge is 0.0887 e. The summed E-state index contributed by atoms with van der Waals surface area (Å²) in [7, 11) is 0. The van der Waals surface area contributed by atoms with E-state index in [0.29, 0.717) is 0 Å². The molecule has 0 saturated carbocycles. The van der Waals surface area contributed by atoms with Crippen molar-refractivity contribution in [1.29, 1.82) is 0 Å². The summed E-state index contributed by atoms with van der Waals surface area (Å²) >= 11 is 1.93. The molecule has 0 fully saturated rings. The van der Waals surface area contributed by atoms with E-state index in [-0.39, 0.29) is 5.41 Å². The number of aryl methyl sites for hydroxylation is 1. The van der Waals surface area contributed by atoms with Gasteiger partial charge in [0.1, 0.15) is 0 Å². The third-order valence-corrected chi connectivity index (χ3v) is 10.6. The normalized spacial score (nSPS) is 13.8. The van der Waals surface area contributed by atoms with Gasteiger partial charge >= 0.3 is 0 Å². The third-order valence-electron chi connectivity index (χ3n) is 9.39. The van der Waals surface area contributed by atoms with Gasteiger partial charge in [-0.15, -0.1) is 0 Å². The first-order valence-electron chi connectivity index (χ1n) is 14.9. The summed E-state index contributed by atoms with van der Waals surface area (Å²) in [5, 5.41) is 2.58. The van der Waals surface area contributed by atoms with Gasteiger partial charge in [-0.25, -0.2) is 0 Å². The molecule has 0 nitrogen and oxygen atoms in total. The van der Waals surface area contributed by atoms with Crippen LogP contribution in [0, 0.1) is 6.92 Å². The van der Waals surface area contributed by atoms with Crippen LogP contribution in [-0.4, -0.2) is 0 Å². The first-order valence-corrected chi connectivity index (χ1v) is 15.8. The zero-order valence-corrected chi connectivity index (χ0v) is 24.7. The van der Waals surface area contributed by atoms with Crippen LogP contribution in [0.2, 0.25) is 0 Å². The Bertz CT molecular complexity index is 2180. The van der Waals surface area contributed by atoms with E-state index >= 15 is 0 Å². The standard InChI is InChI=1S/C42H28S/c1-27-25-35(32-24-23-29(28-13-3-2-4-14-28)30-15-5-6-16-31(30)32)41-39(26-27)42(38-21-11-12-22-40(38)43-41)36-19-9-7-17-33(36)34-18-8-10-20-37(34)42/h2-26H,1H3. The first kappa shape index (κ1) is 24.7. The highest BCUT2D eigenvalue weighted by molar-refractivity contribution is 7.99. The lowest BCUT2D eigenvalue weighted by Gasteiger charge is -2.40. The van der Waals surface area contributed by atoms with E-state index in [1.807, 2.05) is 11.8 Å². The molecule has 0 saturated heterocycles. The van der Waals surface area contributed by atoms with E-state index in [9.17, 15) is 0 Å². The van der Waals surface area contributed by atoms with Gasteiger partial charge in [-0.3, -0.25) is 0 Å². The van der Waals surface area contributed by atoms with Crippen molar-refractivity contribution in [3.8, 4) is 33.4 Å². The highest BCUT2D eigenvalue weighted by atomic mass is 32.2. The summed E-state index contributed by atoms with van der Waals surface area (Å²) in [6.07, 6.45) is 0. The quantitative estimate of drug-likeness (QED) is 0.201. The number of rotatable bonds is 2. The summed E-state index contributed by atoms with van der Waals surface area (Å²) in [5.41, 5.74) is 14.2. The van der Waals surface area contributed by atoms with E-state index in [4.69, 9.17) is 0 Å². The molecule has 1 heterocycles. The lowest BCUT2D eigenvalue weighted by molar-refractivity contribution is 0.722. The maximum Gasteiger partial charge on any atom is 0.0735 e. The lowest BCUT2D eigenvalue weighted by atomic mass is 9.66. The summed E-state index contributed by atoms with van der Waals surface area (Å²) in [6.45, 7) is 2.26. The van der Waals surface area contributed by atoms with Crippen LogP contribution in [-0.2, 0) is 5.41 Å². The SMILES string of the molecule is Cc1cc(-c2ccc(-c3ccccc3)c3ccccc23)c2c(c1)C1(c3ccccc3S2)c2ccccc2-c2ccccc21. The van der Waals surface area contributed by atoms with E-state index < -0.39 is 0 Å². The smallest absolute Gasteiger partial charge is 0.0735 e. The zero-order valence-electron chi connectivity index (χ0n) is 23.8. The van der Waals surface area contributed by atoms with E-state index in [2.05, 4.69) is 159 Å². The van der Waals surface area contributed by atoms with Crippen molar-refractivity contribution in [2.24, 2.45) is 0 Å². The molecule has 1 heteroatoms. The Hall–Kier alpha value is -4.85. The van der Waals surface area contributed by atoms with Gasteiger partial charge in [0.05, 0.1) is 5.41 Å². The predicted octanol–water partition coefficient (Wildman–Crippen LogP) is 11.3. The second-order valence-corrected chi connectivity index (χ2v) is 12.8. The minimum Gasteiger partial charge on any atom is -0.0887 e. The fourth-order valence-corrected chi connectivity index (χ4v) is 9.00. The van der Waals surface area contributed by atoms with E-state index in [1.54, 1.807) is 0 Å². The van der Waals surface area contributed by atoms with Crippen molar-refractivity contribution in [3.05, 3.63) is 179 Å². The minimum atomic E-state index is -0.370. The molecule has 0 bridgehead atoms. The van der Waals surface area contributed by atoms with Crippen molar-refractivity contribution in [2.75, 3.05) is 0 Å². The van der Waals surface area contributed by atoms with Crippen LogP contribution >= 0.6 is 11.8 Å². The molecular formula is C42H28S. The summed E-state index contributed by atoms with van der Waals surface area (Å²) in [6, 6.07) is 56.4. The van der Waals surface area contributed by atoms with Crippen molar-refractivity contribution < 1.29 is 0 Å². The van der Waals surface area contributed by atoms with Gasteiger partial charge in [0.15, 0.2) is 0 Å².